The molecule has 0 aliphatic rings. The van der Waals surface area contributed by atoms with Crippen molar-refractivity contribution in [2.75, 3.05) is 0 Å². The zero-order valence-corrected chi connectivity index (χ0v) is 10.3. The first kappa shape index (κ1) is 13.1. The molecule has 0 aliphatic carbocycles. The third kappa shape index (κ3) is 1.95. The van der Waals surface area contributed by atoms with Gasteiger partial charge in [-0.1, -0.05) is 6.92 Å². The van der Waals surface area contributed by atoms with E-state index in [1.165, 1.54) is 0 Å². The normalized spacial score (nSPS) is 12.0. The molecule has 1 aromatic carbocycles. The van der Waals surface area contributed by atoms with Crippen LogP contribution >= 0.6 is 0 Å². The summed E-state index contributed by atoms with van der Waals surface area (Å²) in [5.74, 6) is 0. The highest BCUT2D eigenvalue weighted by Crippen LogP contribution is 2.38. The summed E-state index contributed by atoms with van der Waals surface area (Å²) in [6, 6.07) is 0. The summed E-state index contributed by atoms with van der Waals surface area (Å²) < 4.78 is 38.8. The van der Waals surface area contributed by atoms with Crippen molar-refractivity contribution in [3.05, 3.63) is 33.4 Å². The summed E-state index contributed by atoms with van der Waals surface area (Å²) in [6.45, 7) is 8.68. The van der Waals surface area contributed by atoms with Gasteiger partial charge in [0.15, 0.2) is 0 Å². The molecule has 0 aromatic heterocycles. The molecule has 3 heteroatoms. The van der Waals surface area contributed by atoms with Crippen LogP contribution in [-0.4, -0.2) is 0 Å². The minimum atomic E-state index is -4.25. The van der Waals surface area contributed by atoms with E-state index in [0.717, 1.165) is 16.7 Å². The molecular weight excluding hydrogens is 213 g/mol. The Hall–Kier alpha value is -0.990. The largest absolute Gasteiger partial charge is 0.416 e. The van der Waals surface area contributed by atoms with Crippen molar-refractivity contribution in [3.8, 4) is 0 Å². The lowest BCUT2D eigenvalue weighted by atomic mass is 9.87. The van der Waals surface area contributed by atoms with Gasteiger partial charge in [-0.3, -0.25) is 0 Å². The highest BCUT2D eigenvalue weighted by atomic mass is 19.4. The second-order valence-electron chi connectivity index (χ2n) is 4.20. The van der Waals surface area contributed by atoms with Gasteiger partial charge < -0.3 is 0 Å². The first-order valence-corrected chi connectivity index (χ1v) is 5.38. The molecule has 16 heavy (non-hydrogen) atoms. The van der Waals surface area contributed by atoms with Gasteiger partial charge in [0.2, 0.25) is 0 Å². The molecule has 0 N–H and O–H groups in total. The van der Waals surface area contributed by atoms with E-state index in [1.807, 2.05) is 13.8 Å². The van der Waals surface area contributed by atoms with Crippen LogP contribution in [0.15, 0.2) is 0 Å². The second kappa shape index (κ2) is 4.11. The molecule has 90 valence electrons. The summed E-state index contributed by atoms with van der Waals surface area (Å²) in [7, 11) is 0. The number of hydrogen-bond donors (Lipinski definition) is 0. The van der Waals surface area contributed by atoms with E-state index in [1.54, 1.807) is 20.8 Å². The van der Waals surface area contributed by atoms with E-state index in [4.69, 9.17) is 0 Å². The Morgan fingerprint density at radius 1 is 0.812 bits per heavy atom. The van der Waals surface area contributed by atoms with Crippen molar-refractivity contribution in [3.63, 3.8) is 0 Å². The first-order chi connectivity index (χ1) is 7.21. The van der Waals surface area contributed by atoms with Crippen LogP contribution in [0, 0.1) is 27.7 Å². The Bertz CT molecular complexity index is 414. The molecule has 0 unspecified atom stereocenters. The van der Waals surface area contributed by atoms with Gasteiger partial charge in [0.1, 0.15) is 0 Å². The van der Waals surface area contributed by atoms with E-state index < -0.39 is 11.7 Å². The van der Waals surface area contributed by atoms with Crippen molar-refractivity contribution >= 4 is 0 Å². The first-order valence-electron chi connectivity index (χ1n) is 5.38. The van der Waals surface area contributed by atoms with E-state index in [9.17, 15) is 13.2 Å². The lowest BCUT2D eigenvalue weighted by molar-refractivity contribution is -0.138. The summed E-state index contributed by atoms with van der Waals surface area (Å²) >= 11 is 0. The minimum absolute atomic E-state index is 0.361. The van der Waals surface area contributed by atoms with E-state index in [0.29, 0.717) is 17.5 Å². The fourth-order valence-electron chi connectivity index (χ4n) is 2.36. The zero-order chi connectivity index (χ0) is 12.7. The van der Waals surface area contributed by atoms with Gasteiger partial charge in [-0.05, 0) is 61.9 Å². The Kier molecular flexibility index (Phi) is 3.36. The summed E-state index contributed by atoms with van der Waals surface area (Å²) in [5, 5.41) is 0. The van der Waals surface area contributed by atoms with Crippen molar-refractivity contribution in [1.82, 2.24) is 0 Å². The molecule has 0 heterocycles. The van der Waals surface area contributed by atoms with Gasteiger partial charge in [0.05, 0.1) is 5.56 Å². The number of alkyl halides is 3. The molecule has 0 spiro atoms. The molecule has 0 amide bonds. The minimum Gasteiger partial charge on any atom is -0.166 e. The number of rotatable bonds is 1. The van der Waals surface area contributed by atoms with Crippen molar-refractivity contribution in [1.29, 1.82) is 0 Å². The molecule has 0 nitrogen and oxygen atoms in total. The molecular formula is C13H17F3. The van der Waals surface area contributed by atoms with E-state index in [-0.39, 0.29) is 0 Å². The third-order valence-electron chi connectivity index (χ3n) is 3.42. The van der Waals surface area contributed by atoms with Gasteiger partial charge in [-0.25, -0.2) is 0 Å². The van der Waals surface area contributed by atoms with Gasteiger partial charge in [-0.2, -0.15) is 13.2 Å². The van der Waals surface area contributed by atoms with E-state index >= 15 is 0 Å². The topological polar surface area (TPSA) is 0 Å². The third-order valence-corrected chi connectivity index (χ3v) is 3.42. The lowest BCUT2D eigenvalue weighted by Gasteiger charge is -2.21. The van der Waals surface area contributed by atoms with Crippen LogP contribution in [0.25, 0.3) is 0 Å². The molecule has 0 saturated heterocycles. The Balaban J connectivity index is 3.69. The van der Waals surface area contributed by atoms with Gasteiger partial charge in [0, 0.05) is 0 Å². The number of benzene rings is 1. The highest BCUT2D eigenvalue weighted by molar-refractivity contribution is 5.51. The maximum absolute atomic E-state index is 12.9. The quantitative estimate of drug-likeness (QED) is 0.666. The maximum atomic E-state index is 12.9. The van der Waals surface area contributed by atoms with Gasteiger partial charge >= 0.3 is 6.18 Å². The predicted molar refractivity (Wildman–Crippen MR) is 59.8 cm³/mol. The van der Waals surface area contributed by atoms with Crippen molar-refractivity contribution < 1.29 is 13.2 Å². The molecule has 1 rings (SSSR count). The van der Waals surface area contributed by atoms with Crippen LogP contribution in [0.3, 0.4) is 0 Å². The molecule has 1 aromatic rings. The predicted octanol–water partition coefficient (Wildman–Crippen LogP) is 4.50. The van der Waals surface area contributed by atoms with Crippen molar-refractivity contribution in [2.24, 2.45) is 0 Å². The molecule has 0 aliphatic heterocycles. The average Bonchev–Trinajstić information content (AvgIpc) is 2.13. The zero-order valence-electron chi connectivity index (χ0n) is 10.3. The Morgan fingerprint density at radius 3 is 1.69 bits per heavy atom. The Labute approximate surface area is 94.5 Å². The van der Waals surface area contributed by atoms with Crippen LogP contribution in [0.4, 0.5) is 13.2 Å². The van der Waals surface area contributed by atoms with Gasteiger partial charge in [0.25, 0.3) is 0 Å². The van der Waals surface area contributed by atoms with Crippen LogP contribution in [0.5, 0.6) is 0 Å². The lowest BCUT2D eigenvalue weighted by Crippen LogP contribution is -2.14. The smallest absolute Gasteiger partial charge is 0.166 e. The fraction of sp³-hybridized carbons (Fsp3) is 0.538. The summed E-state index contributed by atoms with van der Waals surface area (Å²) in [6.07, 6.45) is -3.61. The highest BCUT2D eigenvalue weighted by Gasteiger charge is 2.36. The standard InChI is InChI=1S/C13H17F3/c1-6-11-8(3)7(2)9(4)12(10(11)5)13(14,15)16/h6H2,1-5H3. The van der Waals surface area contributed by atoms with Crippen LogP contribution in [-0.2, 0) is 12.6 Å². The fourth-order valence-corrected chi connectivity index (χ4v) is 2.36. The molecule has 0 fully saturated rings. The second-order valence-corrected chi connectivity index (χ2v) is 4.20. The average molecular weight is 230 g/mol. The number of halogens is 3. The van der Waals surface area contributed by atoms with Gasteiger partial charge in [-0.15, -0.1) is 0 Å². The maximum Gasteiger partial charge on any atom is 0.416 e. The van der Waals surface area contributed by atoms with Crippen LogP contribution in [0.2, 0.25) is 0 Å². The summed E-state index contributed by atoms with van der Waals surface area (Å²) in [4.78, 5) is 0. The van der Waals surface area contributed by atoms with Crippen molar-refractivity contribution in [2.45, 2.75) is 47.2 Å². The van der Waals surface area contributed by atoms with Crippen LogP contribution in [0.1, 0.15) is 40.3 Å². The monoisotopic (exact) mass is 230 g/mol. The molecule has 0 radical (unpaired) electrons. The molecule has 0 atom stereocenters. The number of hydrogen-bond acceptors (Lipinski definition) is 0. The Morgan fingerprint density at radius 2 is 1.31 bits per heavy atom. The molecule has 0 bridgehead atoms. The molecule has 0 saturated carbocycles. The summed E-state index contributed by atoms with van der Waals surface area (Å²) in [5.41, 5.74) is 2.87. The SMILES string of the molecule is CCc1c(C)c(C)c(C)c(C(F)(F)F)c1C. The van der Waals surface area contributed by atoms with E-state index in [2.05, 4.69) is 0 Å². The van der Waals surface area contributed by atoms with Crippen LogP contribution < -0.4 is 0 Å².